The molecule has 1 heterocycles. The van der Waals surface area contributed by atoms with Gasteiger partial charge in [0, 0.05) is 10.8 Å². The Morgan fingerprint density at radius 1 is 0.692 bits per heavy atom. The minimum absolute atomic E-state index is 0.0608. The van der Waals surface area contributed by atoms with Crippen LogP contribution in [0.15, 0.2) is 20.7 Å². The molecule has 74 valence electrons. The summed E-state index contributed by atoms with van der Waals surface area (Å²) < 4.78 is 0. The molecule has 0 N–H and O–H groups in total. The predicted molar refractivity (Wildman–Crippen MR) is 51.4 cm³/mol. The third-order valence-corrected chi connectivity index (χ3v) is 2.51. The number of nitrogens with zero attached hydrogens (tertiary/aromatic N) is 4. The first-order valence-corrected chi connectivity index (χ1v) is 4.55. The normalized spacial score (nSPS) is 21.1. The maximum absolute atomic E-state index is 4.20. The average Bonchev–Trinajstić information content (AvgIpc) is 2.28. The fraction of sp³-hybridized carbons (Fsp3) is 1.00. The van der Waals surface area contributed by atoms with Gasteiger partial charge in [-0.25, -0.2) is 0 Å². The third-order valence-electron chi connectivity index (χ3n) is 2.51. The fourth-order valence-electron chi connectivity index (χ4n) is 1.91. The van der Waals surface area contributed by atoms with Gasteiger partial charge in [-0.15, -0.1) is 10.2 Å². The Balaban J connectivity index is 3.19. The van der Waals surface area contributed by atoms with Gasteiger partial charge in [-0.2, -0.15) is 0 Å². The summed E-state index contributed by atoms with van der Waals surface area (Å²) in [6.07, 6.45) is 0. The van der Waals surface area contributed by atoms with E-state index in [1.54, 1.807) is 0 Å². The van der Waals surface area contributed by atoms with Crippen molar-refractivity contribution < 1.29 is 0 Å². The summed E-state index contributed by atoms with van der Waals surface area (Å²) in [6, 6.07) is 0. The van der Waals surface area contributed by atoms with Crippen LogP contribution in [0.3, 0.4) is 0 Å². The van der Waals surface area contributed by atoms with Gasteiger partial charge in [0.1, 0.15) is 0 Å². The summed E-state index contributed by atoms with van der Waals surface area (Å²) in [6.45, 7) is 12.7. The fourth-order valence-corrected chi connectivity index (χ4v) is 1.91. The zero-order valence-electron chi connectivity index (χ0n) is 9.29. The van der Waals surface area contributed by atoms with E-state index in [4.69, 9.17) is 0 Å². The second-order valence-electron chi connectivity index (χ2n) is 5.55. The summed E-state index contributed by atoms with van der Waals surface area (Å²) >= 11 is 0. The second kappa shape index (κ2) is 2.59. The molecule has 0 amide bonds. The van der Waals surface area contributed by atoms with Crippen LogP contribution < -0.4 is 0 Å². The Morgan fingerprint density at radius 2 is 1.00 bits per heavy atom. The second-order valence-corrected chi connectivity index (χ2v) is 5.55. The number of hydrogen-bond donors (Lipinski definition) is 0. The molecule has 0 radical (unpaired) electrons. The Hall–Kier alpha value is -0.800. The van der Waals surface area contributed by atoms with E-state index in [1.165, 1.54) is 0 Å². The van der Waals surface area contributed by atoms with E-state index in [9.17, 15) is 0 Å². The molecule has 0 aromatic rings. The molecule has 13 heavy (non-hydrogen) atoms. The summed E-state index contributed by atoms with van der Waals surface area (Å²) in [5.74, 6) is 0. The molecule has 1 aliphatic heterocycles. The smallest absolute Gasteiger partial charge is 0.134 e. The molecule has 0 spiro atoms. The van der Waals surface area contributed by atoms with Gasteiger partial charge in [0.15, 0.2) is 0 Å². The minimum atomic E-state index is -0.514. The van der Waals surface area contributed by atoms with E-state index >= 15 is 0 Å². The van der Waals surface area contributed by atoms with Crippen molar-refractivity contribution in [2.75, 3.05) is 0 Å². The van der Waals surface area contributed by atoms with E-state index in [1.807, 2.05) is 0 Å². The first kappa shape index (κ1) is 10.3. The molecule has 0 saturated heterocycles. The zero-order chi connectivity index (χ0) is 10.3. The Kier molecular flexibility index (Phi) is 2.05. The van der Waals surface area contributed by atoms with Crippen molar-refractivity contribution in [3.8, 4) is 0 Å². The first-order valence-electron chi connectivity index (χ1n) is 4.55. The molecule has 0 saturated carbocycles. The largest absolute Gasteiger partial charge is 0.204 e. The van der Waals surface area contributed by atoms with E-state index < -0.39 is 5.66 Å². The molecule has 0 fully saturated rings. The highest BCUT2D eigenvalue weighted by Gasteiger charge is 2.54. The van der Waals surface area contributed by atoms with E-state index in [2.05, 4.69) is 62.2 Å². The van der Waals surface area contributed by atoms with Crippen LogP contribution in [0.1, 0.15) is 41.5 Å². The quantitative estimate of drug-likeness (QED) is 0.549. The van der Waals surface area contributed by atoms with Gasteiger partial charge in [-0.3, -0.25) is 0 Å². The van der Waals surface area contributed by atoms with E-state index in [0.29, 0.717) is 0 Å². The van der Waals surface area contributed by atoms with Gasteiger partial charge in [-0.1, -0.05) is 41.5 Å². The first-order chi connectivity index (χ1) is 5.71. The lowest BCUT2D eigenvalue weighted by molar-refractivity contribution is 0.0678. The standard InChI is InChI=1S/C9H18N4/c1-7(2,3)9(8(4,5)6)10-12-13-11-9/h1-6H3. The molecule has 0 aromatic heterocycles. The number of rotatable bonds is 0. The Labute approximate surface area is 79.5 Å². The van der Waals surface area contributed by atoms with Gasteiger partial charge >= 0.3 is 0 Å². The molecular weight excluding hydrogens is 164 g/mol. The van der Waals surface area contributed by atoms with Gasteiger partial charge in [0.05, 0.1) is 0 Å². The van der Waals surface area contributed by atoms with E-state index in [0.717, 1.165) is 0 Å². The van der Waals surface area contributed by atoms with Crippen LogP contribution in [0, 0.1) is 10.8 Å². The van der Waals surface area contributed by atoms with Crippen LogP contribution in [0.4, 0.5) is 0 Å². The molecule has 0 unspecified atom stereocenters. The Bertz CT molecular complexity index is 224. The molecule has 1 aliphatic rings. The van der Waals surface area contributed by atoms with Gasteiger partial charge in [-0.05, 0) is 10.4 Å². The lowest BCUT2D eigenvalue weighted by atomic mass is 9.67. The minimum Gasteiger partial charge on any atom is -0.134 e. The van der Waals surface area contributed by atoms with Gasteiger partial charge in [0.2, 0.25) is 5.66 Å². The van der Waals surface area contributed by atoms with Crippen molar-refractivity contribution in [2.45, 2.75) is 47.2 Å². The zero-order valence-corrected chi connectivity index (χ0v) is 9.29. The Morgan fingerprint density at radius 3 is 1.15 bits per heavy atom. The lowest BCUT2D eigenvalue weighted by Crippen LogP contribution is -2.48. The van der Waals surface area contributed by atoms with Crippen molar-refractivity contribution in [1.29, 1.82) is 0 Å². The van der Waals surface area contributed by atoms with Crippen molar-refractivity contribution in [3.05, 3.63) is 0 Å². The molecule has 4 nitrogen and oxygen atoms in total. The highest BCUT2D eigenvalue weighted by molar-refractivity contribution is 5.03. The summed E-state index contributed by atoms with van der Waals surface area (Å²) in [7, 11) is 0. The summed E-state index contributed by atoms with van der Waals surface area (Å²) in [5.41, 5.74) is -0.635. The van der Waals surface area contributed by atoms with Crippen molar-refractivity contribution >= 4 is 0 Å². The monoisotopic (exact) mass is 182 g/mol. The van der Waals surface area contributed by atoms with Crippen LogP contribution in [0.2, 0.25) is 0 Å². The number of hydrogen-bond acceptors (Lipinski definition) is 4. The highest BCUT2D eigenvalue weighted by Crippen LogP contribution is 2.50. The van der Waals surface area contributed by atoms with Crippen LogP contribution >= 0.6 is 0 Å². The van der Waals surface area contributed by atoms with Crippen LogP contribution in [-0.2, 0) is 0 Å². The molecule has 0 bridgehead atoms. The van der Waals surface area contributed by atoms with Gasteiger partial charge < -0.3 is 0 Å². The predicted octanol–water partition coefficient (Wildman–Crippen LogP) is 3.61. The van der Waals surface area contributed by atoms with Crippen molar-refractivity contribution in [1.82, 2.24) is 0 Å². The topological polar surface area (TPSA) is 49.4 Å². The molecule has 4 heteroatoms. The van der Waals surface area contributed by atoms with E-state index in [-0.39, 0.29) is 10.8 Å². The SMILES string of the molecule is CC(C)(C)C1(C(C)(C)C)N=NN=N1. The van der Waals surface area contributed by atoms with Crippen LogP contribution in [0.5, 0.6) is 0 Å². The average molecular weight is 182 g/mol. The van der Waals surface area contributed by atoms with Gasteiger partial charge in [0.25, 0.3) is 0 Å². The molecule has 0 atom stereocenters. The maximum atomic E-state index is 4.20. The molecule has 0 aliphatic carbocycles. The highest BCUT2D eigenvalue weighted by atomic mass is 15.6. The summed E-state index contributed by atoms with van der Waals surface area (Å²) in [5, 5.41) is 15.7. The lowest BCUT2D eigenvalue weighted by Gasteiger charge is -2.43. The van der Waals surface area contributed by atoms with Crippen LogP contribution in [0.25, 0.3) is 0 Å². The van der Waals surface area contributed by atoms with Crippen molar-refractivity contribution in [3.63, 3.8) is 0 Å². The van der Waals surface area contributed by atoms with Crippen molar-refractivity contribution in [2.24, 2.45) is 31.5 Å². The molecular formula is C9H18N4. The van der Waals surface area contributed by atoms with Crippen LogP contribution in [-0.4, -0.2) is 5.66 Å². The third kappa shape index (κ3) is 1.38. The summed E-state index contributed by atoms with van der Waals surface area (Å²) in [4.78, 5) is 0. The molecule has 0 aromatic carbocycles. The molecule has 1 rings (SSSR count). The maximum Gasteiger partial charge on any atom is 0.204 e.